The molecule has 2 N–H and O–H groups in total. The minimum absolute atomic E-state index is 0.0751. The lowest BCUT2D eigenvalue weighted by atomic mass is 10.1. The van der Waals surface area contributed by atoms with Crippen LogP contribution in [-0.4, -0.2) is 34.7 Å². The highest BCUT2D eigenvalue weighted by atomic mass is 35.5. The van der Waals surface area contributed by atoms with E-state index in [0.29, 0.717) is 12.5 Å². The van der Waals surface area contributed by atoms with Crippen LogP contribution in [0.5, 0.6) is 0 Å². The summed E-state index contributed by atoms with van der Waals surface area (Å²) in [5.41, 5.74) is 3.26. The number of halogens is 5. The summed E-state index contributed by atoms with van der Waals surface area (Å²) in [6, 6.07) is 10.6. The number of aromatic nitrogens is 1. The number of ether oxygens (including phenoxy) is 1. The molecule has 0 spiro atoms. The van der Waals surface area contributed by atoms with Crippen molar-refractivity contribution in [2.24, 2.45) is 0 Å². The van der Waals surface area contributed by atoms with Gasteiger partial charge in [0.15, 0.2) is 11.6 Å². The number of nitrogens with one attached hydrogen (secondary N) is 2. The first-order valence-electron chi connectivity index (χ1n) is 10.8. The molecule has 3 aromatic rings. The Morgan fingerprint density at radius 1 is 1.16 bits per heavy atom. The van der Waals surface area contributed by atoms with E-state index < -0.39 is 42.6 Å². The van der Waals surface area contributed by atoms with Crippen molar-refractivity contribution in [3.63, 3.8) is 0 Å². The summed E-state index contributed by atoms with van der Waals surface area (Å²) in [6.07, 6.45) is -2.01. The number of hydrogen-bond donors (Lipinski definition) is 2. The molecule has 2 amide bonds. The van der Waals surface area contributed by atoms with E-state index >= 15 is 0 Å². The number of amides is 2. The average Bonchev–Trinajstić information content (AvgIpc) is 3.27. The lowest BCUT2D eigenvalue weighted by Gasteiger charge is -2.31. The van der Waals surface area contributed by atoms with Gasteiger partial charge in [-0.25, -0.2) is 27.8 Å². The van der Waals surface area contributed by atoms with Crippen LogP contribution >= 0.6 is 11.6 Å². The highest BCUT2D eigenvalue weighted by Gasteiger charge is 2.34. The van der Waals surface area contributed by atoms with E-state index in [9.17, 15) is 27.2 Å². The maximum Gasteiger partial charge on any atom is 0.412 e. The van der Waals surface area contributed by atoms with Gasteiger partial charge in [0, 0.05) is 31.5 Å². The third kappa shape index (κ3) is 8.19. The SMILES string of the molecule is CC(=O)N(NCc1cccc(F)c1Cl)[C](COC(=O)Nc1cc(-c2cccc(F)c2)on1)CC(C)(F)F. The van der Waals surface area contributed by atoms with Gasteiger partial charge in [0.05, 0.1) is 5.02 Å². The quantitative estimate of drug-likeness (QED) is 0.243. The second kappa shape index (κ2) is 12.1. The molecule has 1 radical (unpaired) electrons. The topological polar surface area (TPSA) is 96.7 Å². The number of carbonyl (C=O) groups is 2. The van der Waals surface area contributed by atoms with Crippen molar-refractivity contribution in [3.8, 4) is 11.3 Å². The Balaban J connectivity index is 1.66. The number of anilines is 1. The van der Waals surface area contributed by atoms with Crippen LogP contribution in [0.15, 0.2) is 53.1 Å². The van der Waals surface area contributed by atoms with E-state index in [2.05, 4.69) is 15.9 Å². The standard InChI is InChI=1S/C24H22ClF4N4O4/c1-14(34)33(30-12-16-6-4-8-19(27)22(16)25)18(11-24(2,28)29)13-36-23(35)31-21-10-20(37-32-21)15-5-3-7-17(26)9-15/h3-10,30H,11-13H2,1-2H3,(H,31,32,35). The minimum Gasteiger partial charge on any atom is -0.447 e. The normalized spacial score (nSPS) is 11.5. The summed E-state index contributed by atoms with van der Waals surface area (Å²) in [6.45, 7) is 0.867. The van der Waals surface area contributed by atoms with Gasteiger partial charge in [0.2, 0.25) is 11.8 Å². The molecular weight excluding hydrogens is 520 g/mol. The molecular formula is C24H22ClF4N4O4. The molecule has 0 aliphatic carbocycles. The Labute approximate surface area is 214 Å². The van der Waals surface area contributed by atoms with Gasteiger partial charge < -0.3 is 9.26 Å². The summed E-state index contributed by atoms with van der Waals surface area (Å²) < 4.78 is 65.0. The summed E-state index contributed by atoms with van der Waals surface area (Å²) in [7, 11) is 0. The van der Waals surface area contributed by atoms with Crippen LogP contribution in [0, 0.1) is 17.7 Å². The largest absolute Gasteiger partial charge is 0.447 e. The maximum absolute atomic E-state index is 13.9. The zero-order chi connectivity index (χ0) is 27.2. The van der Waals surface area contributed by atoms with E-state index in [1.807, 2.05) is 0 Å². The second-order valence-corrected chi connectivity index (χ2v) is 8.38. The molecule has 37 heavy (non-hydrogen) atoms. The molecule has 197 valence electrons. The van der Waals surface area contributed by atoms with Gasteiger partial charge in [-0.15, -0.1) is 0 Å². The molecule has 8 nitrogen and oxygen atoms in total. The predicted molar refractivity (Wildman–Crippen MR) is 126 cm³/mol. The Morgan fingerprint density at radius 3 is 2.57 bits per heavy atom. The van der Waals surface area contributed by atoms with Crippen LogP contribution < -0.4 is 10.7 Å². The summed E-state index contributed by atoms with van der Waals surface area (Å²) >= 11 is 5.92. The monoisotopic (exact) mass is 541 g/mol. The summed E-state index contributed by atoms with van der Waals surface area (Å²) in [5, 5.41) is 6.50. The van der Waals surface area contributed by atoms with E-state index in [1.54, 1.807) is 6.07 Å². The Hall–Kier alpha value is -3.64. The Kier molecular flexibility index (Phi) is 9.11. The summed E-state index contributed by atoms with van der Waals surface area (Å²) in [4.78, 5) is 24.5. The number of nitrogens with zero attached hydrogens (tertiary/aromatic N) is 2. The number of hydrazine groups is 1. The molecule has 0 saturated heterocycles. The van der Waals surface area contributed by atoms with Crippen molar-refractivity contribution in [1.82, 2.24) is 15.6 Å². The molecule has 3 rings (SSSR count). The number of carbonyl (C=O) groups excluding carboxylic acids is 2. The fraction of sp³-hybridized carbons (Fsp3) is 0.250. The van der Waals surface area contributed by atoms with Crippen molar-refractivity contribution in [1.29, 1.82) is 0 Å². The van der Waals surface area contributed by atoms with E-state index in [-0.39, 0.29) is 34.8 Å². The van der Waals surface area contributed by atoms with E-state index in [4.69, 9.17) is 20.9 Å². The molecule has 2 aromatic carbocycles. The van der Waals surface area contributed by atoms with Crippen LogP contribution in [0.4, 0.5) is 28.2 Å². The molecule has 0 bridgehead atoms. The van der Waals surface area contributed by atoms with Gasteiger partial charge in [-0.1, -0.05) is 41.0 Å². The number of alkyl halides is 2. The highest BCUT2D eigenvalue weighted by molar-refractivity contribution is 6.31. The zero-order valence-electron chi connectivity index (χ0n) is 19.7. The van der Waals surface area contributed by atoms with Crippen molar-refractivity contribution in [3.05, 3.63) is 76.8 Å². The van der Waals surface area contributed by atoms with Crippen molar-refractivity contribution in [2.45, 2.75) is 32.7 Å². The maximum atomic E-state index is 13.9. The van der Waals surface area contributed by atoms with Crippen LogP contribution in [0.2, 0.25) is 5.02 Å². The molecule has 1 heterocycles. The lowest BCUT2D eigenvalue weighted by molar-refractivity contribution is -0.133. The molecule has 0 aliphatic rings. The minimum atomic E-state index is -3.26. The molecule has 13 heteroatoms. The number of rotatable bonds is 10. The molecule has 0 saturated carbocycles. The average molecular weight is 542 g/mol. The third-order valence-electron chi connectivity index (χ3n) is 4.82. The van der Waals surface area contributed by atoms with Crippen LogP contribution in [-0.2, 0) is 16.1 Å². The van der Waals surface area contributed by atoms with Gasteiger partial charge in [0.1, 0.15) is 24.3 Å². The molecule has 0 unspecified atom stereocenters. The highest BCUT2D eigenvalue weighted by Crippen LogP contribution is 2.28. The van der Waals surface area contributed by atoms with Crippen LogP contribution in [0.25, 0.3) is 11.3 Å². The number of hydrogen-bond acceptors (Lipinski definition) is 6. The second-order valence-electron chi connectivity index (χ2n) is 8.00. The van der Waals surface area contributed by atoms with Crippen LogP contribution in [0.1, 0.15) is 25.8 Å². The Morgan fingerprint density at radius 2 is 1.89 bits per heavy atom. The van der Waals surface area contributed by atoms with Gasteiger partial charge in [0.25, 0.3) is 0 Å². The molecule has 0 atom stereocenters. The first-order valence-corrected chi connectivity index (χ1v) is 11.2. The van der Waals surface area contributed by atoms with Crippen LogP contribution in [0.3, 0.4) is 0 Å². The smallest absolute Gasteiger partial charge is 0.412 e. The predicted octanol–water partition coefficient (Wildman–Crippen LogP) is 5.95. The summed E-state index contributed by atoms with van der Waals surface area (Å²) in [5.74, 6) is -5.04. The fourth-order valence-corrected chi connectivity index (χ4v) is 3.44. The first-order chi connectivity index (χ1) is 17.4. The van der Waals surface area contributed by atoms with E-state index in [1.165, 1.54) is 36.4 Å². The first kappa shape index (κ1) is 27.9. The fourth-order valence-electron chi connectivity index (χ4n) is 3.25. The van der Waals surface area contributed by atoms with Gasteiger partial charge in [-0.3, -0.25) is 15.1 Å². The van der Waals surface area contributed by atoms with Crippen molar-refractivity contribution in [2.75, 3.05) is 11.9 Å². The van der Waals surface area contributed by atoms with Crippen molar-refractivity contribution < 1.29 is 36.4 Å². The van der Waals surface area contributed by atoms with Crippen molar-refractivity contribution >= 4 is 29.4 Å². The van der Waals surface area contributed by atoms with Gasteiger partial charge in [-0.05, 0) is 30.7 Å². The zero-order valence-corrected chi connectivity index (χ0v) is 20.4. The lowest BCUT2D eigenvalue weighted by Crippen LogP contribution is -2.47. The van der Waals surface area contributed by atoms with E-state index in [0.717, 1.165) is 18.0 Å². The number of benzene rings is 2. The molecule has 0 aliphatic heterocycles. The molecule has 1 aromatic heterocycles. The third-order valence-corrected chi connectivity index (χ3v) is 5.25. The molecule has 0 fully saturated rings. The Bertz CT molecular complexity index is 1250. The van der Waals surface area contributed by atoms with Gasteiger partial charge in [-0.2, -0.15) is 0 Å². The van der Waals surface area contributed by atoms with Gasteiger partial charge >= 0.3 is 6.09 Å².